The maximum absolute atomic E-state index is 3.75. The molecule has 86 valence electrons. The maximum atomic E-state index is 3.75. The first-order chi connectivity index (χ1) is 7.33. The van der Waals surface area contributed by atoms with Crippen LogP contribution in [0.25, 0.3) is 0 Å². The Morgan fingerprint density at radius 2 is 2.00 bits per heavy atom. The van der Waals surface area contributed by atoms with Gasteiger partial charge in [-0.15, -0.1) is 0 Å². The molecular weight excluding hydrogens is 184 g/mol. The maximum Gasteiger partial charge on any atom is 0.0210 e. The lowest BCUT2D eigenvalue weighted by atomic mass is 10.2. The lowest BCUT2D eigenvalue weighted by Gasteiger charge is -2.19. The van der Waals surface area contributed by atoms with Crippen LogP contribution in [0.4, 0.5) is 0 Å². The highest BCUT2D eigenvalue weighted by Crippen LogP contribution is 2.34. The minimum atomic E-state index is 0.791. The van der Waals surface area contributed by atoms with E-state index in [1.54, 1.807) is 0 Å². The first-order valence-corrected chi connectivity index (χ1v) is 6.82. The molecule has 0 radical (unpaired) electrons. The van der Waals surface area contributed by atoms with E-state index >= 15 is 0 Å². The van der Waals surface area contributed by atoms with Crippen LogP contribution >= 0.6 is 0 Å². The number of nitrogens with zero attached hydrogens (tertiary/aromatic N) is 1. The summed E-state index contributed by atoms with van der Waals surface area (Å²) in [6.07, 6.45) is 8.71. The van der Waals surface area contributed by atoms with Gasteiger partial charge in [0.15, 0.2) is 0 Å². The van der Waals surface area contributed by atoms with Crippen molar-refractivity contribution in [2.75, 3.05) is 13.1 Å². The van der Waals surface area contributed by atoms with Crippen molar-refractivity contribution in [1.29, 1.82) is 0 Å². The second kappa shape index (κ2) is 4.06. The summed E-state index contributed by atoms with van der Waals surface area (Å²) in [6.45, 7) is 4.98. The van der Waals surface area contributed by atoms with Crippen LogP contribution in [-0.4, -0.2) is 36.1 Å². The summed E-state index contributed by atoms with van der Waals surface area (Å²) in [5.41, 5.74) is 0. The smallest absolute Gasteiger partial charge is 0.0210 e. The SMILES string of the molecule is CC1CC(NCCC2CC2)CN1C1CC1. The summed E-state index contributed by atoms with van der Waals surface area (Å²) >= 11 is 0. The van der Waals surface area contributed by atoms with Crippen molar-refractivity contribution in [2.24, 2.45) is 5.92 Å². The molecular formula is C13H24N2. The van der Waals surface area contributed by atoms with Gasteiger partial charge >= 0.3 is 0 Å². The molecule has 2 unspecified atom stereocenters. The Labute approximate surface area is 93.4 Å². The summed E-state index contributed by atoms with van der Waals surface area (Å²) in [5.74, 6) is 1.08. The third kappa shape index (κ3) is 2.54. The summed E-state index contributed by atoms with van der Waals surface area (Å²) in [5, 5.41) is 3.75. The van der Waals surface area contributed by atoms with Crippen molar-refractivity contribution in [1.82, 2.24) is 10.2 Å². The predicted octanol–water partition coefficient (Wildman–Crippen LogP) is 2.00. The van der Waals surface area contributed by atoms with Gasteiger partial charge < -0.3 is 5.32 Å². The van der Waals surface area contributed by atoms with Crippen molar-refractivity contribution in [3.05, 3.63) is 0 Å². The van der Waals surface area contributed by atoms with Crippen LogP contribution in [0.5, 0.6) is 0 Å². The molecule has 1 heterocycles. The van der Waals surface area contributed by atoms with Gasteiger partial charge in [-0.05, 0) is 45.1 Å². The molecule has 0 spiro atoms. The van der Waals surface area contributed by atoms with E-state index in [2.05, 4.69) is 17.1 Å². The summed E-state index contributed by atoms with van der Waals surface area (Å²) < 4.78 is 0. The highest BCUT2D eigenvalue weighted by molar-refractivity contribution is 4.96. The Hall–Kier alpha value is -0.0800. The number of rotatable bonds is 5. The molecule has 1 aliphatic heterocycles. The molecule has 2 aliphatic carbocycles. The van der Waals surface area contributed by atoms with E-state index in [1.165, 1.54) is 51.6 Å². The molecule has 2 atom stereocenters. The van der Waals surface area contributed by atoms with E-state index in [-0.39, 0.29) is 0 Å². The fourth-order valence-electron chi connectivity index (χ4n) is 3.02. The summed E-state index contributed by atoms with van der Waals surface area (Å²) in [7, 11) is 0. The zero-order valence-corrected chi connectivity index (χ0v) is 9.91. The fourth-order valence-corrected chi connectivity index (χ4v) is 3.02. The first-order valence-electron chi connectivity index (χ1n) is 6.82. The van der Waals surface area contributed by atoms with Gasteiger partial charge in [0.25, 0.3) is 0 Å². The molecule has 1 N–H and O–H groups in total. The lowest BCUT2D eigenvalue weighted by Crippen LogP contribution is -2.34. The second-order valence-corrected chi connectivity index (χ2v) is 5.90. The van der Waals surface area contributed by atoms with Crippen molar-refractivity contribution >= 4 is 0 Å². The molecule has 15 heavy (non-hydrogen) atoms. The van der Waals surface area contributed by atoms with Crippen LogP contribution in [0.2, 0.25) is 0 Å². The Kier molecular flexibility index (Phi) is 2.73. The van der Waals surface area contributed by atoms with E-state index in [0.29, 0.717) is 0 Å². The van der Waals surface area contributed by atoms with E-state index < -0.39 is 0 Å². The minimum absolute atomic E-state index is 0.791. The van der Waals surface area contributed by atoms with Gasteiger partial charge in [-0.3, -0.25) is 4.90 Å². The zero-order valence-electron chi connectivity index (χ0n) is 9.91. The largest absolute Gasteiger partial charge is 0.313 e. The van der Waals surface area contributed by atoms with E-state index in [1.807, 2.05) is 0 Å². The van der Waals surface area contributed by atoms with Gasteiger partial charge in [0.1, 0.15) is 0 Å². The van der Waals surface area contributed by atoms with Crippen LogP contribution in [0.15, 0.2) is 0 Å². The highest BCUT2D eigenvalue weighted by atomic mass is 15.3. The van der Waals surface area contributed by atoms with E-state index in [9.17, 15) is 0 Å². The van der Waals surface area contributed by atoms with Crippen LogP contribution in [0.3, 0.4) is 0 Å². The summed E-state index contributed by atoms with van der Waals surface area (Å²) in [4.78, 5) is 2.73. The van der Waals surface area contributed by atoms with E-state index in [0.717, 1.165) is 24.0 Å². The Balaban J connectivity index is 1.39. The molecule has 0 aromatic rings. The highest BCUT2D eigenvalue weighted by Gasteiger charge is 2.38. The molecule has 1 saturated heterocycles. The Morgan fingerprint density at radius 1 is 1.20 bits per heavy atom. The first kappa shape index (κ1) is 10.1. The van der Waals surface area contributed by atoms with Crippen molar-refractivity contribution in [2.45, 2.75) is 63.6 Å². The van der Waals surface area contributed by atoms with Gasteiger partial charge in [0.05, 0.1) is 0 Å². The van der Waals surface area contributed by atoms with Crippen LogP contribution in [0.1, 0.15) is 45.4 Å². The topological polar surface area (TPSA) is 15.3 Å². The molecule has 3 rings (SSSR count). The Morgan fingerprint density at radius 3 is 2.67 bits per heavy atom. The fraction of sp³-hybridized carbons (Fsp3) is 1.00. The molecule has 3 fully saturated rings. The van der Waals surface area contributed by atoms with Crippen LogP contribution < -0.4 is 5.32 Å². The molecule has 2 heteroatoms. The molecule has 2 saturated carbocycles. The number of hydrogen-bond donors (Lipinski definition) is 1. The average Bonchev–Trinajstić information content (AvgIpc) is 3.09. The van der Waals surface area contributed by atoms with Crippen molar-refractivity contribution in [3.63, 3.8) is 0 Å². The molecule has 0 aromatic carbocycles. The van der Waals surface area contributed by atoms with Gasteiger partial charge in [-0.1, -0.05) is 12.8 Å². The number of likely N-dealkylation sites (tertiary alicyclic amines) is 1. The number of nitrogens with one attached hydrogen (secondary N) is 1. The van der Waals surface area contributed by atoms with Gasteiger partial charge in [0, 0.05) is 24.7 Å². The lowest BCUT2D eigenvalue weighted by molar-refractivity contribution is 0.255. The molecule has 0 aromatic heterocycles. The Bertz CT molecular complexity index is 221. The van der Waals surface area contributed by atoms with E-state index in [4.69, 9.17) is 0 Å². The second-order valence-electron chi connectivity index (χ2n) is 5.90. The molecule has 2 nitrogen and oxygen atoms in total. The third-order valence-electron chi connectivity index (χ3n) is 4.32. The van der Waals surface area contributed by atoms with Crippen molar-refractivity contribution < 1.29 is 0 Å². The molecule has 0 amide bonds. The van der Waals surface area contributed by atoms with Crippen LogP contribution in [0, 0.1) is 5.92 Å². The van der Waals surface area contributed by atoms with Gasteiger partial charge in [-0.2, -0.15) is 0 Å². The minimum Gasteiger partial charge on any atom is -0.313 e. The van der Waals surface area contributed by atoms with Crippen molar-refractivity contribution in [3.8, 4) is 0 Å². The molecule has 0 bridgehead atoms. The van der Waals surface area contributed by atoms with Crippen LogP contribution in [-0.2, 0) is 0 Å². The standard InChI is InChI=1S/C13H24N2/c1-10-8-12(9-15(10)13-4-5-13)14-7-6-11-2-3-11/h10-14H,2-9H2,1H3. The normalized spacial score (nSPS) is 37.4. The number of hydrogen-bond acceptors (Lipinski definition) is 2. The summed E-state index contributed by atoms with van der Waals surface area (Å²) in [6, 6.07) is 2.57. The monoisotopic (exact) mass is 208 g/mol. The predicted molar refractivity (Wildman–Crippen MR) is 62.9 cm³/mol. The average molecular weight is 208 g/mol. The quantitative estimate of drug-likeness (QED) is 0.743. The third-order valence-corrected chi connectivity index (χ3v) is 4.32. The molecule has 3 aliphatic rings. The van der Waals surface area contributed by atoms with Gasteiger partial charge in [0.2, 0.25) is 0 Å². The van der Waals surface area contributed by atoms with Gasteiger partial charge in [-0.25, -0.2) is 0 Å². The zero-order chi connectivity index (χ0) is 10.3.